The van der Waals surface area contributed by atoms with E-state index >= 15 is 0 Å². The van der Waals surface area contributed by atoms with Crippen molar-refractivity contribution in [2.45, 2.75) is 39.2 Å². The number of piperidine rings is 1. The largest absolute Gasteiger partial charge is 0.301 e. The van der Waals surface area contributed by atoms with Crippen molar-refractivity contribution in [3.63, 3.8) is 0 Å². The number of likely N-dealkylation sites (tertiary alicyclic amines) is 2. The van der Waals surface area contributed by atoms with Gasteiger partial charge >= 0.3 is 0 Å². The summed E-state index contributed by atoms with van der Waals surface area (Å²) in [5.41, 5.74) is 0.528. The third kappa shape index (κ3) is 2.57. The van der Waals surface area contributed by atoms with Gasteiger partial charge in [0.2, 0.25) is 0 Å². The summed E-state index contributed by atoms with van der Waals surface area (Å²) in [6, 6.07) is 0.681. The van der Waals surface area contributed by atoms with Crippen LogP contribution < -0.4 is 0 Å². The normalized spacial score (nSPS) is 27.0. The molecule has 0 amide bonds. The minimum absolute atomic E-state index is 0.186. The van der Waals surface area contributed by atoms with E-state index in [2.05, 4.69) is 23.6 Å². The quantitative estimate of drug-likeness (QED) is 0.730. The van der Waals surface area contributed by atoms with E-state index in [9.17, 15) is 4.39 Å². The standard InChI is InChI=1S/C13H25FN2/c1-12(2)16-8-4-13(5-9-16)3-7-15(11-13)10-6-14/h12H,3-11H2,1-2H3. The Labute approximate surface area is 98.8 Å². The zero-order valence-corrected chi connectivity index (χ0v) is 10.7. The van der Waals surface area contributed by atoms with Gasteiger partial charge in [-0.2, -0.15) is 0 Å². The highest BCUT2D eigenvalue weighted by molar-refractivity contribution is 4.94. The summed E-state index contributed by atoms with van der Waals surface area (Å²) in [5.74, 6) is 0. The summed E-state index contributed by atoms with van der Waals surface area (Å²) >= 11 is 0. The highest BCUT2D eigenvalue weighted by atomic mass is 19.1. The number of hydrogen-bond acceptors (Lipinski definition) is 2. The van der Waals surface area contributed by atoms with Crippen LogP contribution in [0.2, 0.25) is 0 Å². The molecule has 1 spiro atoms. The molecule has 94 valence electrons. The van der Waals surface area contributed by atoms with Crippen LogP contribution in [-0.2, 0) is 0 Å². The molecule has 2 saturated heterocycles. The highest BCUT2D eigenvalue weighted by Gasteiger charge is 2.40. The number of halogens is 1. The molecule has 0 aromatic rings. The molecule has 2 nitrogen and oxygen atoms in total. The predicted octanol–water partition coefficient (Wildman–Crippen LogP) is 2.15. The first-order chi connectivity index (χ1) is 7.65. The molecular weight excluding hydrogens is 203 g/mol. The van der Waals surface area contributed by atoms with Crippen molar-refractivity contribution < 1.29 is 4.39 Å². The van der Waals surface area contributed by atoms with Crippen LogP contribution in [0.25, 0.3) is 0 Å². The van der Waals surface area contributed by atoms with Crippen LogP contribution in [-0.4, -0.2) is 55.2 Å². The van der Waals surface area contributed by atoms with Gasteiger partial charge in [0.25, 0.3) is 0 Å². The first kappa shape index (κ1) is 12.3. The van der Waals surface area contributed by atoms with Crippen molar-refractivity contribution in [1.29, 1.82) is 0 Å². The Balaban J connectivity index is 1.84. The maximum Gasteiger partial charge on any atom is 0.102 e. The SMILES string of the molecule is CC(C)N1CCC2(CCN(CCF)C2)CC1. The summed E-state index contributed by atoms with van der Waals surface area (Å²) in [7, 11) is 0. The molecule has 0 unspecified atom stereocenters. The first-order valence-electron chi connectivity index (χ1n) is 6.68. The second-order valence-electron chi connectivity index (χ2n) is 5.84. The Bertz CT molecular complexity index is 222. The molecule has 2 rings (SSSR count). The molecule has 0 aromatic heterocycles. The highest BCUT2D eigenvalue weighted by Crippen LogP contribution is 2.40. The molecule has 0 radical (unpaired) electrons. The molecule has 2 aliphatic heterocycles. The molecule has 2 aliphatic rings. The molecule has 16 heavy (non-hydrogen) atoms. The topological polar surface area (TPSA) is 6.48 Å². The van der Waals surface area contributed by atoms with Gasteiger partial charge in [-0.25, -0.2) is 4.39 Å². The Morgan fingerprint density at radius 3 is 2.31 bits per heavy atom. The Morgan fingerprint density at radius 2 is 1.75 bits per heavy atom. The molecule has 0 aliphatic carbocycles. The molecule has 3 heteroatoms. The average molecular weight is 228 g/mol. The average Bonchev–Trinajstić information content (AvgIpc) is 2.63. The second kappa shape index (κ2) is 5.01. The van der Waals surface area contributed by atoms with E-state index in [1.807, 2.05) is 0 Å². The minimum Gasteiger partial charge on any atom is -0.301 e. The van der Waals surface area contributed by atoms with Gasteiger partial charge in [0, 0.05) is 19.1 Å². The zero-order chi connectivity index (χ0) is 11.6. The summed E-state index contributed by atoms with van der Waals surface area (Å²) in [6.07, 6.45) is 3.92. The van der Waals surface area contributed by atoms with Crippen molar-refractivity contribution in [2.75, 3.05) is 39.4 Å². The predicted molar refractivity (Wildman–Crippen MR) is 65.4 cm³/mol. The van der Waals surface area contributed by atoms with Crippen molar-refractivity contribution in [2.24, 2.45) is 5.41 Å². The smallest absolute Gasteiger partial charge is 0.102 e. The van der Waals surface area contributed by atoms with Gasteiger partial charge in [0.1, 0.15) is 6.67 Å². The van der Waals surface area contributed by atoms with E-state index in [0.717, 1.165) is 13.1 Å². The summed E-state index contributed by atoms with van der Waals surface area (Å²) in [5, 5.41) is 0. The maximum absolute atomic E-state index is 12.3. The summed E-state index contributed by atoms with van der Waals surface area (Å²) in [6.45, 7) is 9.75. The van der Waals surface area contributed by atoms with Crippen LogP contribution in [0.5, 0.6) is 0 Å². The molecular formula is C13H25FN2. The number of nitrogens with zero attached hydrogens (tertiary/aromatic N) is 2. The Hall–Kier alpha value is -0.150. The summed E-state index contributed by atoms with van der Waals surface area (Å²) in [4.78, 5) is 4.88. The lowest BCUT2D eigenvalue weighted by Crippen LogP contribution is -2.44. The van der Waals surface area contributed by atoms with Gasteiger partial charge in [0.15, 0.2) is 0 Å². The Morgan fingerprint density at radius 1 is 1.12 bits per heavy atom. The lowest BCUT2D eigenvalue weighted by molar-refractivity contribution is 0.0864. The number of alkyl halides is 1. The van der Waals surface area contributed by atoms with E-state index in [-0.39, 0.29) is 6.67 Å². The van der Waals surface area contributed by atoms with Crippen molar-refractivity contribution in [1.82, 2.24) is 9.80 Å². The summed E-state index contributed by atoms with van der Waals surface area (Å²) < 4.78 is 12.3. The monoisotopic (exact) mass is 228 g/mol. The van der Waals surface area contributed by atoms with Crippen molar-refractivity contribution in [3.05, 3.63) is 0 Å². The molecule has 0 atom stereocenters. The molecule has 0 N–H and O–H groups in total. The maximum atomic E-state index is 12.3. The van der Waals surface area contributed by atoms with Crippen LogP contribution in [0.1, 0.15) is 33.1 Å². The lowest BCUT2D eigenvalue weighted by atomic mass is 9.77. The lowest BCUT2D eigenvalue weighted by Gasteiger charge is -2.41. The minimum atomic E-state index is -0.186. The molecule has 0 bridgehead atoms. The second-order valence-corrected chi connectivity index (χ2v) is 5.84. The van der Waals surface area contributed by atoms with Crippen molar-refractivity contribution >= 4 is 0 Å². The molecule has 2 heterocycles. The van der Waals surface area contributed by atoms with E-state index < -0.39 is 0 Å². The van der Waals surface area contributed by atoms with Crippen LogP contribution in [0.3, 0.4) is 0 Å². The fraction of sp³-hybridized carbons (Fsp3) is 1.00. The van der Waals surface area contributed by atoms with Crippen molar-refractivity contribution in [3.8, 4) is 0 Å². The number of hydrogen-bond donors (Lipinski definition) is 0. The number of rotatable bonds is 3. The van der Waals surface area contributed by atoms with E-state index in [0.29, 0.717) is 18.0 Å². The van der Waals surface area contributed by atoms with Gasteiger partial charge in [-0.1, -0.05) is 0 Å². The van der Waals surface area contributed by atoms with E-state index in [4.69, 9.17) is 0 Å². The third-order valence-corrected chi connectivity index (χ3v) is 4.51. The van der Waals surface area contributed by atoms with E-state index in [1.54, 1.807) is 0 Å². The van der Waals surface area contributed by atoms with Crippen LogP contribution >= 0.6 is 0 Å². The van der Waals surface area contributed by atoms with Gasteiger partial charge in [-0.3, -0.25) is 0 Å². The van der Waals surface area contributed by atoms with Crippen LogP contribution in [0.4, 0.5) is 4.39 Å². The van der Waals surface area contributed by atoms with E-state index in [1.165, 1.54) is 32.4 Å². The van der Waals surface area contributed by atoms with Gasteiger partial charge in [0.05, 0.1) is 0 Å². The van der Waals surface area contributed by atoms with Crippen LogP contribution in [0.15, 0.2) is 0 Å². The molecule has 0 aromatic carbocycles. The molecule has 0 saturated carbocycles. The zero-order valence-electron chi connectivity index (χ0n) is 10.7. The fourth-order valence-electron chi connectivity index (χ4n) is 3.26. The van der Waals surface area contributed by atoms with Crippen LogP contribution in [0, 0.1) is 5.41 Å². The fourth-order valence-corrected chi connectivity index (χ4v) is 3.26. The molecule has 2 fully saturated rings. The first-order valence-corrected chi connectivity index (χ1v) is 6.68. The Kier molecular flexibility index (Phi) is 3.85. The third-order valence-electron chi connectivity index (χ3n) is 4.51. The van der Waals surface area contributed by atoms with Gasteiger partial charge in [-0.05, 0) is 58.2 Å². The van der Waals surface area contributed by atoms with Gasteiger partial charge in [-0.15, -0.1) is 0 Å². The van der Waals surface area contributed by atoms with Gasteiger partial charge < -0.3 is 9.80 Å².